The number of carbonyl (C=O) groups is 2. The topological polar surface area (TPSA) is 83.8 Å². The van der Waals surface area contributed by atoms with Gasteiger partial charge in [0.15, 0.2) is 17.3 Å². The average molecular weight is 343 g/mol. The Morgan fingerprint density at radius 1 is 1.30 bits per heavy atom. The van der Waals surface area contributed by atoms with E-state index in [9.17, 15) is 14.7 Å². The number of benzene rings is 1. The largest absolute Gasteiger partial charge is 0.504 e. The lowest BCUT2D eigenvalue weighted by Crippen LogP contribution is -2.01. The molecule has 0 fully saturated rings. The Kier molecular flexibility index (Phi) is 10.5. The van der Waals surface area contributed by atoms with Crippen LogP contribution in [0.3, 0.4) is 0 Å². The van der Waals surface area contributed by atoms with Crippen LogP contribution in [0.15, 0.2) is 18.2 Å². The van der Waals surface area contributed by atoms with Crippen LogP contribution in [0.2, 0.25) is 0 Å². The number of hydrogen-bond donors (Lipinski definition) is 2. The molecule has 0 saturated carbocycles. The number of carboxylic acids is 1. The number of aliphatic carboxylic acids is 1. The van der Waals surface area contributed by atoms with Crippen LogP contribution in [0.5, 0.6) is 11.5 Å². The summed E-state index contributed by atoms with van der Waals surface area (Å²) in [5.74, 6) is -0.724. The monoisotopic (exact) mass is 342 g/mol. The van der Waals surface area contributed by atoms with Crippen molar-refractivity contribution in [3.8, 4) is 11.5 Å². The molecular formula is C17H23ClO5. The van der Waals surface area contributed by atoms with Gasteiger partial charge in [0.1, 0.15) is 0 Å². The number of rotatable bonds is 7. The molecule has 0 unspecified atom stereocenters. The molecule has 23 heavy (non-hydrogen) atoms. The molecule has 5 nitrogen and oxygen atoms in total. The lowest BCUT2D eigenvalue weighted by Gasteiger charge is -2.10. The zero-order valence-corrected chi connectivity index (χ0v) is 14.4. The Bertz CT molecular complexity index is 548. The lowest BCUT2D eigenvalue weighted by molar-refractivity contribution is -0.131. The fraction of sp³-hybridized carbons (Fsp3) is 0.412. The number of alkyl halides is 1. The first-order valence-corrected chi connectivity index (χ1v) is 7.80. The standard InChI is InChI=1S/C12H12O5.C5H11Cl/c1-7(13)11-8(4-6-10(15)16)3-5-9(14)12(11)17-2;1-2-3-4-5-6/h3-6,14H,1-2H3,(H,15,16);2-5H2,1H3. The quantitative estimate of drug-likeness (QED) is 0.337. The van der Waals surface area contributed by atoms with Crippen molar-refractivity contribution >= 4 is 29.4 Å². The summed E-state index contributed by atoms with van der Waals surface area (Å²) in [5, 5.41) is 18.1. The summed E-state index contributed by atoms with van der Waals surface area (Å²) in [5.41, 5.74) is 0.541. The Hall–Kier alpha value is -2.01. The maximum Gasteiger partial charge on any atom is 0.328 e. The van der Waals surface area contributed by atoms with Crippen LogP contribution in [0.25, 0.3) is 6.08 Å². The normalized spacial score (nSPS) is 10.1. The van der Waals surface area contributed by atoms with Crippen LogP contribution in [-0.2, 0) is 4.79 Å². The van der Waals surface area contributed by atoms with Gasteiger partial charge in [0.2, 0.25) is 0 Å². The number of unbranched alkanes of at least 4 members (excludes halogenated alkanes) is 2. The minimum atomic E-state index is -1.12. The average Bonchev–Trinajstić information content (AvgIpc) is 2.51. The van der Waals surface area contributed by atoms with Gasteiger partial charge in [-0.2, -0.15) is 0 Å². The Morgan fingerprint density at radius 3 is 2.35 bits per heavy atom. The van der Waals surface area contributed by atoms with E-state index in [1.54, 1.807) is 0 Å². The third-order valence-electron chi connectivity index (χ3n) is 2.87. The number of carboxylic acid groups (broad SMARTS) is 1. The van der Waals surface area contributed by atoms with Crippen molar-refractivity contribution in [1.29, 1.82) is 0 Å². The van der Waals surface area contributed by atoms with Crippen molar-refractivity contribution in [2.45, 2.75) is 33.1 Å². The third-order valence-corrected chi connectivity index (χ3v) is 3.14. The molecule has 0 aliphatic carbocycles. The Labute approximate surface area is 141 Å². The summed E-state index contributed by atoms with van der Waals surface area (Å²) in [6.45, 7) is 3.49. The Morgan fingerprint density at radius 2 is 1.96 bits per heavy atom. The highest BCUT2D eigenvalue weighted by Gasteiger charge is 2.16. The number of ether oxygens (including phenoxy) is 1. The number of halogens is 1. The summed E-state index contributed by atoms with van der Waals surface area (Å²) in [6.07, 6.45) is 5.92. The van der Waals surface area contributed by atoms with Crippen LogP contribution in [0.4, 0.5) is 0 Å². The van der Waals surface area contributed by atoms with Gasteiger partial charge in [-0.05, 0) is 31.1 Å². The minimum absolute atomic E-state index is 0.0463. The van der Waals surface area contributed by atoms with Crippen LogP contribution in [0.1, 0.15) is 49.0 Å². The van der Waals surface area contributed by atoms with Gasteiger partial charge in [0.05, 0.1) is 12.7 Å². The molecule has 0 heterocycles. The second-order valence-corrected chi connectivity index (χ2v) is 5.08. The number of ketones is 1. The maximum atomic E-state index is 11.5. The van der Waals surface area contributed by atoms with E-state index >= 15 is 0 Å². The molecule has 1 aromatic carbocycles. The number of aromatic hydroxyl groups is 1. The predicted molar refractivity (Wildman–Crippen MR) is 91.6 cm³/mol. The molecule has 0 atom stereocenters. The zero-order valence-electron chi connectivity index (χ0n) is 13.6. The van der Waals surface area contributed by atoms with Gasteiger partial charge < -0.3 is 14.9 Å². The number of carbonyl (C=O) groups excluding carboxylic acids is 1. The lowest BCUT2D eigenvalue weighted by atomic mass is 10.0. The number of methoxy groups -OCH3 is 1. The Balaban J connectivity index is 0.000000688. The highest BCUT2D eigenvalue weighted by Crippen LogP contribution is 2.33. The highest BCUT2D eigenvalue weighted by molar-refractivity contribution is 6.17. The van der Waals surface area contributed by atoms with Crippen molar-refractivity contribution in [2.24, 2.45) is 0 Å². The van der Waals surface area contributed by atoms with E-state index in [0.717, 1.165) is 12.0 Å². The molecule has 128 valence electrons. The van der Waals surface area contributed by atoms with E-state index in [1.165, 1.54) is 51.5 Å². The third kappa shape index (κ3) is 7.70. The maximum absolute atomic E-state index is 11.5. The van der Waals surface area contributed by atoms with Gasteiger partial charge in [-0.1, -0.05) is 25.8 Å². The molecule has 0 aliphatic rings. The van der Waals surface area contributed by atoms with E-state index in [4.69, 9.17) is 21.4 Å². The second kappa shape index (κ2) is 11.5. The van der Waals surface area contributed by atoms with Gasteiger partial charge in [0.25, 0.3) is 0 Å². The number of phenolic OH excluding ortho intramolecular Hbond substituents is 1. The number of Topliss-reactive ketones (excluding diaryl/α,β-unsaturated/α-hetero) is 1. The fourth-order valence-electron chi connectivity index (χ4n) is 1.80. The molecule has 0 spiro atoms. The van der Waals surface area contributed by atoms with E-state index in [2.05, 4.69) is 6.92 Å². The summed E-state index contributed by atoms with van der Waals surface area (Å²) in [6, 6.07) is 2.79. The van der Waals surface area contributed by atoms with E-state index in [1.807, 2.05) is 0 Å². The van der Waals surface area contributed by atoms with Gasteiger partial charge >= 0.3 is 5.97 Å². The van der Waals surface area contributed by atoms with Crippen molar-refractivity contribution in [3.63, 3.8) is 0 Å². The van der Waals surface area contributed by atoms with Gasteiger partial charge in [-0.25, -0.2) is 4.79 Å². The number of phenols is 1. The molecule has 6 heteroatoms. The second-order valence-electron chi connectivity index (χ2n) is 4.71. The molecule has 0 saturated heterocycles. The molecule has 0 aliphatic heterocycles. The number of hydrogen-bond acceptors (Lipinski definition) is 4. The SMILES string of the molecule is CCCCCCl.COc1c(O)ccc(C=CC(=O)O)c1C(C)=O. The molecule has 0 amide bonds. The molecule has 1 aromatic rings. The van der Waals surface area contributed by atoms with E-state index in [-0.39, 0.29) is 22.8 Å². The minimum Gasteiger partial charge on any atom is -0.504 e. The summed E-state index contributed by atoms with van der Waals surface area (Å²) < 4.78 is 4.93. The van der Waals surface area contributed by atoms with Crippen LogP contribution in [-0.4, -0.2) is 35.0 Å². The molecular weight excluding hydrogens is 320 g/mol. The van der Waals surface area contributed by atoms with Crippen LogP contribution in [0, 0.1) is 0 Å². The van der Waals surface area contributed by atoms with Crippen LogP contribution < -0.4 is 4.74 Å². The van der Waals surface area contributed by atoms with Gasteiger partial charge in [0, 0.05) is 12.0 Å². The fourth-order valence-corrected chi connectivity index (χ4v) is 1.99. The van der Waals surface area contributed by atoms with Crippen molar-refractivity contribution in [1.82, 2.24) is 0 Å². The van der Waals surface area contributed by atoms with E-state index in [0.29, 0.717) is 5.56 Å². The van der Waals surface area contributed by atoms with Crippen molar-refractivity contribution in [3.05, 3.63) is 29.3 Å². The molecule has 0 bridgehead atoms. The predicted octanol–water partition coefficient (Wildman–Crippen LogP) is 4.12. The summed E-state index contributed by atoms with van der Waals surface area (Å²) >= 11 is 5.38. The first-order valence-electron chi connectivity index (χ1n) is 7.26. The van der Waals surface area contributed by atoms with Crippen molar-refractivity contribution < 1.29 is 24.5 Å². The van der Waals surface area contributed by atoms with E-state index < -0.39 is 5.97 Å². The first kappa shape index (κ1) is 21.0. The highest BCUT2D eigenvalue weighted by atomic mass is 35.5. The zero-order chi connectivity index (χ0) is 17.8. The smallest absolute Gasteiger partial charge is 0.328 e. The van der Waals surface area contributed by atoms with Crippen molar-refractivity contribution in [2.75, 3.05) is 13.0 Å². The van der Waals surface area contributed by atoms with Gasteiger partial charge in [-0.3, -0.25) is 4.79 Å². The summed E-state index contributed by atoms with van der Waals surface area (Å²) in [4.78, 5) is 21.9. The van der Waals surface area contributed by atoms with Crippen LogP contribution >= 0.6 is 11.6 Å². The molecule has 0 aromatic heterocycles. The first-order chi connectivity index (χ1) is 10.9. The molecule has 2 N–H and O–H groups in total. The summed E-state index contributed by atoms with van der Waals surface area (Å²) in [7, 11) is 1.33. The molecule has 1 rings (SSSR count). The van der Waals surface area contributed by atoms with Gasteiger partial charge in [-0.15, -0.1) is 11.6 Å². The molecule has 0 radical (unpaired) electrons.